The number of aromatic amines is 1. The maximum absolute atomic E-state index is 10.7. The fraction of sp³-hybridized carbons (Fsp3) is 0.556. The predicted molar refractivity (Wildman–Crippen MR) is 46.7 cm³/mol. The number of carboxylic acid groups (broad SMARTS) is 1. The average molecular weight is 180 g/mol. The summed E-state index contributed by atoms with van der Waals surface area (Å²) in [6.45, 7) is 2.17. The molecule has 0 amide bonds. The Bertz CT molecular complexity index is 343. The number of nitrogens with zero attached hydrogens (tertiary/aromatic N) is 1. The van der Waals surface area contributed by atoms with E-state index in [2.05, 4.69) is 17.1 Å². The Hall–Kier alpha value is -1.32. The third-order valence-electron chi connectivity index (χ3n) is 2.60. The molecule has 0 saturated carbocycles. The van der Waals surface area contributed by atoms with Crippen molar-refractivity contribution >= 4 is 5.97 Å². The second-order valence-corrected chi connectivity index (χ2v) is 3.68. The number of fused-ring (bicyclic) bond motifs is 1. The van der Waals surface area contributed by atoms with Gasteiger partial charge in [0.2, 0.25) is 0 Å². The third-order valence-corrected chi connectivity index (χ3v) is 2.60. The molecule has 1 aliphatic rings. The second kappa shape index (κ2) is 2.87. The SMILES string of the molecule is CC1CCc2c(C(=O)O)n[nH]c2C1. The van der Waals surface area contributed by atoms with Gasteiger partial charge in [-0.25, -0.2) is 4.79 Å². The van der Waals surface area contributed by atoms with Gasteiger partial charge in [0, 0.05) is 11.3 Å². The van der Waals surface area contributed by atoms with Crippen LogP contribution in [0.25, 0.3) is 0 Å². The van der Waals surface area contributed by atoms with Gasteiger partial charge in [-0.1, -0.05) is 6.92 Å². The van der Waals surface area contributed by atoms with Crippen molar-refractivity contribution in [1.29, 1.82) is 0 Å². The number of rotatable bonds is 1. The van der Waals surface area contributed by atoms with Crippen molar-refractivity contribution in [2.45, 2.75) is 26.2 Å². The van der Waals surface area contributed by atoms with E-state index in [4.69, 9.17) is 5.11 Å². The number of carboxylic acids is 1. The predicted octanol–water partition coefficient (Wildman–Crippen LogP) is 1.23. The van der Waals surface area contributed by atoms with E-state index in [9.17, 15) is 4.79 Å². The van der Waals surface area contributed by atoms with Gasteiger partial charge in [0.25, 0.3) is 0 Å². The van der Waals surface area contributed by atoms with E-state index in [1.807, 2.05) is 0 Å². The van der Waals surface area contributed by atoms with Gasteiger partial charge in [0.1, 0.15) is 0 Å². The molecule has 4 nitrogen and oxygen atoms in total. The van der Waals surface area contributed by atoms with Crippen molar-refractivity contribution in [3.05, 3.63) is 17.0 Å². The molecule has 1 aromatic rings. The molecule has 13 heavy (non-hydrogen) atoms. The highest BCUT2D eigenvalue weighted by Crippen LogP contribution is 2.25. The third kappa shape index (κ3) is 1.32. The summed E-state index contributed by atoms with van der Waals surface area (Å²) >= 11 is 0. The standard InChI is InChI=1S/C9H12N2O2/c1-5-2-3-6-7(4-5)10-11-8(6)9(12)13/h5H,2-4H2,1H3,(H,10,11)(H,12,13). The van der Waals surface area contributed by atoms with E-state index < -0.39 is 5.97 Å². The molecule has 0 aliphatic heterocycles. The van der Waals surface area contributed by atoms with Crippen LogP contribution in [0.4, 0.5) is 0 Å². The summed E-state index contributed by atoms with van der Waals surface area (Å²) in [6, 6.07) is 0. The van der Waals surface area contributed by atoms with Crippen molar-refractivity contribution in [2.75, 3.05) is 0 Å². The van der Waals surface area contributed by atoms with E-state index in [0.717, 1.165) is 30.5 Å². The second-order valence-electron chi connectivity index (χ2n) is 3.68. The normalized spacial score (nSPS) is 21.2. The minimum absolute atomic E-state index is 0.210. The number of hydrogen-bond donors (Lipinski definition) is 2. The van der Waals surface area contributed by atoms with Gasteiger partial charge in [-0.2, -0.15) is 5.10 Å². The van der Waals surface area contributed by atoms with Crippen LogP contribution >= 0.6 is 0 Å². The topological polar surface area (TPSA) is 66.0 Å². The Kier molecular flexibility index (Phi) is 1.83. The van der Waals surface area contributed by atoms with Crippen LogP contribution in [0.1, 0.15) is 35.1 Å². The fourth-order valence-corrected chi connectivity index (χ4v) is 1.86. The van der Waals surface area contributed by atoms with Crippen LogP contribution in [-0.4, -0.2) is 21.3 Å². The van der Waals surface area contributed by atoms with Crippen LogP contribution in [0.15, 0.2) is 0 Å². The Morgan fingerprint density at radius 1 is 1.69 bits per heavy atom. The van der Waals surface area contributed by atoms with E-state index >= 15 is 0 Å². The zero-order chi connectivity index (χ0) is 9.42. The summed E-state index contributed by atoms with van der Waals surface area (Å²) in [6.07, 6.45) is 2.83. The molecule has 0 saturated heterocycles. The van der Waals surface area contributed by atoms with Gasteiger partial charge in [-0.15, -0.1) is 0 Å². The van der Waals surface area contributed by atoms with Gasteiger partial charge in [-0.3, -0.25) is 5.10 Å². The molecule has 0 fully saturated rings. The lowest BCUT2D eigenvalue weighted by Crippen LogP contribution is -2.12. The first-order valence-electron chi connectivity index (χ1n) is 4.48. The summed E-state index contributed by atoms with van der Waals surface area (Å²) in [4.78, 5) is 10.7. The summed E-state index contributed by atoms with van der Waals surface area (Å²) in [7, 11) is 0. The van der Waals surface area contributed by atoms with Gasteiger partial charge in [-0.05, 0) is 25.2 Å². The maximum atomic E-state index is 10.7. The van der Waals surface area contributed by atoms with E-state index in [1.54, 1.807) is 0 Å². The zero-order valence-corrected chi connectivity index (χ0v) is 7.50. The van der Waals surface area contributed by atoms with Gasteiger partial charge in [0.15, 0.2) is 5.69 Å². The fourth-order valence-electron chi connectivity index (χ4n) is 1.86. The number of aromatic carboxylic acids is 1. The van der Waals surface area contributed by atoms with Crippen LogP contribution in [0.2, 0.25) is 0 Å². The van der Waals surface area contributed by atoms with Crippen LogP contribution in [0.5, 0.6) is 0 Å². The van der Waals surface area contributed by atoms with E-state index in [1.165, 1.54) is 0 Å². The summed E-state index contributed by atoms with van der Waals surface area (Å²) in [5.74, 6) is -0.290. The molecule has 1 heterocycles. The monoisotopic (exact) mass is 180 g/mol. The largest absolute Gasteiger partial charge is 0.476 e. The Morgan fingerprint density at radius 2 is 2.46 bits per heavy atom. The maximum Gasteiger partial charge on any atom is 0.356 e. The highest BCUT2D eigenvalue weighted by molar-refractivity contribution is 5.87. The van der Waals surface area contributed by atoms with Crippen molar-refractivity contribution in [3.63, 3.8) is 0 Å². The molecule has 4 heteroatoms. The molecule has 0 aromatic carbocycles. The molecule has 0 bridgehead atoms. The number of nitrogens with one attached hydrogen (secondary N) is 1. The molecule has 2 N–H and O–H groups in total. The van der Waals surface area contributed by atoms with Crippen LogP contribution in [0.3, 0.4) is 0 Å². The molecule has 1 aromatic heterocycles. The van der Waals surface area contributed by atoms with Crippen molar-refractivity contribution in [2.24, 2.45) is 5.92 Å². The Balaban J connectivity index is 2.39. The van der Waals surface area contributed by atoms with E-state index in [0.29, 0.717) is 5.92 Å². The lowest BCUT2D eigenvalue weighted by Gasteiger charge is -2.17. The Labute approximate surface area is 76.0 Å². The quantitative estimate of drug-likeness (QED) is 0.683. The van der Waals surface area contributed by atoms with Gasteiger partial charge in [0.05, 0.1) is 0 Å². The first kappa shape index (κ1) is 8.29. The number of hydrogen-bond acceptors (Lipinski definition) is 2. The van der Waals surface area contributed by atoms with Crippen LogP contribution in [0, 0.1) is 5.92 Å². The number of aromatic nitrogens is 2. The number of carbonyl (C=O) groups is 1. The molecular weight excluding hydrogens is 168 g/mol. The molecule has 70 valence electrons. The molecule has 1 aliphatic carbocycles. The molecule has 2 rings (SSSR count). The first-order valence-corrected chi connectivity index (χ1v) is 4.48. The van der Waals surface area contributed by atoms with Gasteiger partial charge < -0.3 is 5.11 Å². The smallest absolute Gasteiger partial charge is 0.356 e. The Morgan fingerprint density at radius 3 is 3.15 bits per heavy atom. The molecule has 1 atom stereocenters. The average Bonchev–Trinajstić information content (AvgIpc) is 2.46. The summed E-state index contributed by atoms with van der Waals surface area (Å²) in [5, 5.41) is 15.4. The first-order chi connectivity index (χ1) is 6.18. The highest BCUT2D eigenvalue weighted by atomic mass is 16.4. The van der Waals surface area contributed by atoms with Gasteiger partial charge >= 0.3 is 5.97 Å². The summed E-state index contributed by atoms with van der Waals surface area (Å²) in [5.41, 5.74) is 2.13. The number of H-pyrrole nitrogens is 1. The van der Waals surface area contributed by atoms with E-state index in [-0.39, 0.29) is 5.69 Å². The zero-order valence-electron chi connectivity index (χ0n) is 7.50. The minimum atomic E-state index is -0.924. The molecule has 0 spiro atoms. The van der Waals surface area contributed by atoms with Crippen molar-refractivity contribution in [3.8, 4) is 0 Å². The molecule has 1 unspecified atom stereocenters. The lowest BCUT2D eigenvalue weighted by molar-refractivity contribution is 0.0689. The molecular formula is C9H12N2O2. The van der Waals surface area contributed by atoms with Crippen molar-refractivity contribution in [1.82, 2.24) is 10.2 Å². The lowest BCUT2D eigenvalue weighted by atomic mass is 9.88. The van der Waals surface area contributed by atoms with Crippen molar-refractivity contribution < 1.29 is 9.90 Å². The highest BCUT2D eigenvalue weighted by Gasteiger charge is 2.23. The summed E-state index contributed by atoms with van der Waals surface area (Å²) < 4.78 is 0. The molecule has 0 radical (unpaired) electrons. The van der Waals surface area contributed by atoms with Crippen LogP contribution in [-0.2, 0) is 12.8 Å². The minimum Gasteiger partial charge on any atom is -0.476 e. The van der Waals surface area contributed by atoms with Crippen LogP contribution < -0.4 is 0 Å².